The van der Waals surface area contributed by atoms with Crippen LogP contribution >= 0.6 is 22.6 Å². The number of halogens is 1. The first kappa shape index (κ1) is 17.2. The van der Waals surface area contributed by atoms with Crippen molar-refractivity contribution in [2.45, 2.75) is 39.5 Å². The third kappa shape index (κ3) is 4.41. The van der Waals surface area contributed by atoms with Crippen LogP contribution in [0.3, 0.4) is 0 Å². The van der Waals surface area contributed by atoms with Crippen LogP contribution in [0.15, 0.2) is 12.3 Å². The van der Waals surface area contributed by atoms with E-state index in [9.17, 15) is 9.59 Å². The molecule has 22 heavy (non-hydrogen) atoms. The third-order valence-corrected chi connectivity index (χ3v) is 5.12. The van der Waals surface area contributed by atoms with E-state index in [1.54, 1.807) is 13.1 Å². The van der Waals surface area contributed by atoms with E-state index in [0.717, 1.165) is 28.4 Å². The van der Waals surface area contributed by atoms with E-state index in [0.29, 0.717) is 18.8 Å². The number of amides is 1. The second-order valence-electron chi connectivity index (χ2n) is 5.62. The quantitative estimate of drug-likeness (QED) is 0.604. The van der Waals surface area contributed by atoms with Crippen LogP contribution < -0.4 is 5.32 Å². The number of carbonyl (C=O) groups is 2. The van der Waals surface area contributed by atoms with E-state index in [2.05, 4.69) is 32.9 Å². The van der Waals surface area contributed by atoms with Gasteiger partial charge in [0.1, 0.15) is 5.82 Å². The Hall–Kier alpha value is -1.18. The van der Waals surface area contributed by atoms with Crippen molar-refractivity contribution in [2.75, 3.05) is 11.9 Å². The standard InChI is InChI=1S/C16H21IN2O3/c1-3-22-16(21)12-6-4-5-11(7-12)15(20)19-14-8-13(17)10(2)9-18-14/h8-9,11-12H,3-7H2,1-2H3,(H,18,19,20)/t11-,12+/m0/s1. The van der Waals surface area contributed by atoms with Crippen molar-refractivity contribution in [1.29, 1.82) is 0 Å². The Labute approximate surface area is 144 Å². The Balaban J connectivity index is 1.96. The number of ether oxygens (including phenoxy) is 1. The number of rotatable bonds is 4. The lowest BCUT2D eigenvalue weighted by atomic mass is 9.81. The van der Waals surface area contributed by atoms with Gasteiger partial charge in [0.2, 0.25) is 5.91 Å². The first-order valence-electron chi connectivity index (χ1n) is 7.61. The van der Waals surface area contributed by atoms with Gasteiger partial charge in [-0.1, -0.05) is 6.42 Å². The molecule has 6 heteroatoms. The minimum atomic E-state index is -0.178. The van der Waals surface area contributed by atoms with Crippen molar-refractivity contribution in [3.05, 3.63) is 21.4 Å². The van der Waals surface area contributed by atoms with Crippen LogP contribution in [-0.2, 0) is 14.3 Å². The third-order valence-electron chi connectivity index (χ3n) is 3.95. The highest BCUT2D eigenvalue weighted by Gasteiger charge is 2.32. The van der Waals surface area contributed by atoms with Crippen molar-refractivity contribution in [3.63, 3.8) is 0 Å². The van der Waals surface area contributed by atoms with Crippen LogP contribution in [0.2, 0.25) is 0 Å². The Bertz CT molecular complexity index is 562. The maximum atomic E-state index is 12.4. The largest absolute Gasteiger partial charge is 0.466 e. The molecule has 1 fully saturated rings. The first-order chi connectivity index (χ1) is 10.5. The summed E-state index contributed by atoms with van der Waals surface area (Å²) in [5, 5.41) is 2.86. The van der Waals surface area contributed by atoms with Gasteiger partial charge in [0.15, 0.2) is 0 Å². The molecule has 5 nitrogen and oxygen atoms in total. The monoisotopic (exact) mass is 416 g/mol. The smallest absolute Gasteiger partial charge is 0.308 e. The van der Waals surface area contributed by atoms with Crippen molar-refractivity contribution in [2.24, 2.45) is 11.8 Å². The zero-order chi connectivity index (χ0) is 16.1. The Morgan fingerprint density at radius 3 is 2.82 bits per heavy atom. The SMILES string of the molecule is CCOC(=O)[C@@H]1CCC[C@H](C(=O)Nc2cc(I)c(C)cn2)C1. The van der Waals surface area contributed by atoms with Gasteiger partial charge in [0, 0.05) is 15.7 Å². The van der Waals surface area contributed by atoms with E-state index in [1.165, 1.54) is 0 Å². The summed E-state index contributed by atoms with van der Waals surface area (Å²) in [5.41, 5.74) is 1.08. The number of hydrogen-bond acceptors (Lipinski definition) is 4. The highest BCUT2D eigenvalue weighted by Crippen LogP contribution is 2.30. The summed E-state index contributed by atoms with van der Waals surface area (Å²) in [6, 6.07) is 1.86. The van der Waals surface area contributed by atoms with Crippen molar-refractivity contribution < 1.29 is 14.3 Å². The number of aryl methyl sites for hydroxylation is 1. The zero-order valence-corrected chi connectivity index (χ0v) is 15.1. The molecule has 1 aromatic rings. The fraction of sp³-hybridized carbons (Fsp3) is 0.562. The van der Waals surface area contributed by atoms with Gasteiger partial charge in [-0.2, -0.15) is 0 Å². The summed E-state index contributed by atoms with van der Waals surface area (Å²) in [6.45, 7) is 4.17. The predicted molar refractivity (Wildman–Crippen MR) is 92.4 cm³/mol. The second kappa shape index (κ2) is 7.89. The van der Waals surface area contributed by atoms with E-state index >= 15 is 0 Å². The van der Waals surface area contributed by atoms with Gasteiger partial charge in [-0.3, -0.25) is 9.59 Å². The molecule has 2 atom stereocenters. The summed E-state index contributed by atoms with van der Waals surface area (Å²) in [7, 11) is 0. The molecule has 0 bridgehead atoms. The highest BCUT2D eigenvalue weighted by atomic mass is 127. The average Bonchev–Trinajstić information content (AvgIpc) is 2.51. The van der Waals surface area contributed by atoms with Gasteiger partial charge in [0.05, 0.1) is 12.5 Å². The number of anilines is 1. The molecule has 0 spiro atoms. The van der Waals surface area contributed by atoms with Gasteiger partial charge in [-0.05, 0) is 67.3 Å². The van der Waals surface area contributed by atoms with Gasteiger partial charge >= 0.3 is 5.97 Å². The molecule has 1 amide bonds. The predicted octanol–water partition coefficient (Wildman–Crippen LogP) is 3.30. The molecular weight excluding hydrogens is 395 g/mol. The molecule has 1 aliphatic rings. The zero-order valence-electron chi connectivity index (χ0n) is 12.9. The van der Waals surface area contributed by atoms with Crippen molar-refractivity contribution in [3.8, 4) is 0 Å². The molecule has 0 saturated heterocycles. The molecule has 2 rings (SSSR count). The maximum absolute atomic E-state index is 12.4. The molecule has 1 saturated carbocycles. The van der Waals surface area contributed by atoms with Gasteiger partial charge in [-0.25, -0.2) is 4.98 Å². The summed E-state index contributed by atoms with van der Waals surface area (Å²) in [5.74, 6) is 0.0295. The number of carbonyl (C=O) groups excluding carboxylic acids is 2. The number of aromatic nitrogens is 1. The van der Waals surface area contributed by atoms with Crippen molar-refractivity contribution >= 4 is 40.3 Å². The van der Waals surface area contributed by atoms with E-state index in [4.69, 9.17) is 4.74 Å². The van der Waals surface area contributed by atoms with Crippen LogP contribution in [0.25, 0.3) is 0 Å². The summed E-state index contributed by atoms with van der Waals surface area (Å²) >= 11 is 2.22. The fourth-order valence-electron chi connectivity index (χ4n) is 2.70. The maximum Gasteiger partial charge on any atom is 0.308 e. The Morgan fingerprint density at radius 1 is 1.41 bits per heavy atom. The summed E-state index contributed by atoms with van der Waals surface area (Å²) in [4.78, 5) is 28.5. The lowest BCUT2D eigenvalue weighted by molar-refractivity contribution is -0.149. The lowest BCUT2D eigenvalue weighted by Gasteiger charge is -2.26. The molecule has 0 unspecified atom stereocenters. The number of nitrogens with zero attached hydrogens (tertiary/aromatic N) is 1. The molecule has 1 N–H and O–H groups in total. The minimum absolute atomic E-state index is 0.0545. The van der Waals surface area contributed by atoms with E-state index in [1.807, 2.05) is 13.0 Å². The van der Waals surface area contributed by atoms with Crippen LogP contribution in [0.1, 0.15) is 38.2 Å². The first-order valence-corrected chi connectivity index (χ1v) is 8.68. The number of pyridine rings is 1. The summed E-state index contributed by atoms with van der Waals surface area (Å²) < 4.78 is 6.14. The molecular formula is C16H21IN2O3. The molecule has 1 heterocycles. The van der Waals surface area contributed by atoms with Crippen LogP contribution in [0, 0.1) is 22.3 Å². The van der Waals surface area contributed by atoms with Crippen molar-refractivity contribution in [1.82, 2.24) is 4.98 Å². The molecule has 0 aromatic carbocycles. The number of esters is 1. The average molecular weight is 416 g/mol. The Morgan fingerprint density at radius 2 is 2.14 bits per heavy atom. The number of hydrogen-bond donors (Lipinski definition) is 1. The minimum Gasteiger partial charge on any atom is -0.466 e. The topological polar surface area (TPSA) is 68.3 Å². The molecule has 1 aliphatic carbocycles. The summed E-state index contributed by atoms with van der Waals surface area (Å²) in [6.07, 6.45) is 4.81. The second-order valence-corrected chi connectivity index (χ2v) is 6.78. The van der Waals surface area contributed by atoms with Crippen LogP contribution in [-0.4, -0.2) is 23.5 Å². The van der Waals surface area contributed by atoms with Gasteiger partial charge in [0.25, 0.3) is 0 Å². The number of nitrogens with one attached hydrogen (secondary N) is 1. The molecule has 120 valence electrons. The van der Waals surface area contributed by atoms with E-state index in [-0.39, 0.29) is 23.7 Å². The van der Waals surface area contributed by atoms with E-state index < -0.39 is 0 Å². The molecule has 0 radical (unpaired) electrons. The fourth-order valence-corrected chi connectivity index (χ4v) is 3.13. The molecule has 0 aliphatic heterocycles. The lowest BCUT2D eigenvalue weighted by Crippen LogP contribution is -2.32. The van der Waals surface area contributed by atoms with Gasteiger partial charge in [-0.15, -0.1) is 0 Å². The highest BCUT2D eigenvalue weighted by molar-refractivity contribution is 14.1. The normalized spacial score (nSPS) is 21.2. The van der Waals surface area contributed by atoms with Crippen LogP contribution in [0.4, 0.5) is 5.82 Å². The van der Waals surface area contributed by atoms with Gasteiger partial charge < -0.3 is 10.1 Å². The van der Waals surface area contributed by atoms with Crippen LogP contribution in [0.5, 0.6) is 0 Å². The Kier molecular flexibility index (Phi) is 6.16. The molecule has 1 aromatic heterocycles.